The summed E-state index contributed by atoms with van der Waals surface area (Å²) in [6.07, 6.45) is 0.139. The lowest BCUT2D eigenvalue weighted by Gasteiger charge is -1.95. The van der Waals surface area contributed by atoms with Crippen LogP contribution in [-0.2, 0) is 11.2 Å². The molecule has 0 aliphatic heterocycles. The number of primary amides is 1. The summed E-state index contributed by atoms with van der Waals surface area (Å²) < 4.78 is 0. The molecular weight excluding hydrogens is 164 g/mol. The highest BCUT2D eigenvalue weighted by Crippen LogP contribution is 2.04. The van der Waals surface area contributed by atoms with E-state index in [1.54, 1.807) is 18.2 Å². The van der Waals surface area contributed by atoms with Crippen LogP contribution in [0.25, 0.3) is 0 Å². The lowest BCUT2D eigenvalue weighted by Crippen LogP contribution is -2.14. The standard InChI is InChI=1S/C7H7ClN2O/c8-6-3-1-2-5(10-6)4-7(9)11/h1-3H,4H2,(H2,9,11). The minimum atomic E-state index is -0.403. The van der Waals surface area contributed by atoms with Crippen LogP contribution >= 0.6 is 11.6 Å². The van der Waals surface area contributed by atoms with Crippen LogP contribution in [0.4, 0.5) is 0 Å². The molecule has 1 aromatic rings. The molecule has 0 aliphatic rings. The summed E-state index contributed by atoms with van der Waals surface area (Å²) in [7, 11) is 0. The van der Waals surface area contributed by atoms with Crippen molar-refractivity contribution in [1.82, 2.24) is 4.98 Å². The SMILES string of the molecule is NC(=O)Cc1cccc(Cl)n1. The number of hydrogen-bond donors (Lipinski definition) is 1. The van der Waals surface area contributed by atoms with Gasteiger partial charge in [-0.2, -0.15) is 0 Å². The van der Waals surface area contributed by atoms with E-state index in [0.717, 1.165) is 0 Å². The first-order valence-electron chi connectivity index (χ1n) is 3.08. The third-order valence-electron chi connectivity index (χ3n) is 1.13. The predicted octanol–water partition coefficient (Wildman–Crippen LogP) is 0.763. The van der Waals surface area contributed by atoms with E-state index in [1.807, 2.05) is 0 Å². The lowest BCUT2D eigenvalue weighted by molar-refractivity contribution is -0.117. The average molecular weight is 171 g/mol. The smallest absolute Gasteiger partial charge is 0.223 e. The number of aromatic nitrogens is 1. The number of nitrogens with two attached hydrogens (primary N) is 1. The second-order valence-electron chi connectivity index (χ2n) is 2.09. The van der Waals surface area contributed by atoms with Gasteiger partial charge in [-0.05, 0) is 12.1 Å². The molecule has 1 amide bonds. The fourth-order valence-corrected chi connectivity index (χ4v) is 0.909. The maximum atomic E-state index is 10.4. The summed E-state index contributed by atoms with van der Waals surface area (Å²) in [5.74, 6) is -0.403. The summed E-state index contributed by atoms with van der Waals surface area (Å²) in [5.41, 5.74) is 5.55. The normalized spacial score (nSPS) is 9.55. The van der Waals surface area contributed by atoms with Crippen molar-refractivity contribution in [3.63, 3.8) is 0 Å². The van der Waals surface area contributed by atoms with E-state index in [1.165, 1.54) is 0 Å². The number of nitrogens with zero attached hydrogens (tertiary/aromatic N) is 1. The van der Waals surface area contributed by atoms with Crippen molar-refractivity contribution < 1.29 is 4.79 Å². The molecule has 0 unspecified atom stereocenters. The molecule has 0 fully saturated rings. The molecule has 2 N–H and O–H groups in total. The largest absolute Gasteiger partial charge is 0.369 e. The number of hydrogen-bond acceptors (Lipinski definition) is 2. The molecule has 4 heteroatoms. The van der Waals surface area contributed by atoms with Gasteiger partial charge in [-0.3, -0.25) is 4.79 Å². The molecule has 0 bridgehead atoms. The van der Waals surface area contributed by atoms with E-state index in [-0.39, 0.29) is 6.42 Å². The van der Waals surface area contributed by atoms with Gasteiger partial charge in [-0.25, -0.2) is 4.98 Å². The van der Waals surface area contributed by atoms with E-state index in [0.29, 0.717) is 10.8 Å². The number of halogens is 1. The van der Waals surface area contributed by atoms with Gasteiger partial charge in [-0.1, -0.05) is 17.7 Å². The second kappa shape index (κ2) is 3.34. The molecule has 0 spiro atoms. The summed E-state index contributed by atoms with van der Waals surface area (Å²) in [6, 6.07) is 5.08. The van der Waals surface area contributed by atoms with Gasteiger partial charge in [0.15, 0.2) is 0 Å². The fraction of sp³-hybridized carbons (Fsp3) is 0.143. The number of rotatable bonds is 2. The van der Waals surface area contributed by atoms with E-state index >= 15 is 0 Å². The predicted molar refractivity (Wildman–Crippen MR) is 42.1 cm³/mol. The molecule has 58 valence electrons. The zero-order chi connectivity index (χ0) is 8.27. The molecule has 0 radical (unpaired) electrons. The molecule has 0 saturated heterocycles. The summed E-state index contributed by atoms with van der Waals surface area (Å²) in [5, 5.41) is 0.378. The monoisotopic (exact) mass is 170 g/mol. The van der Waals surface area contributed by atoms with Crippen LogP contribution < -0.4 is 5.73 Å². The van der Waals surface area contributed by atoms with Gasteiger partial charge in [-0.15, -0.1) is 0 Å². The Morgan fingerprint density at radius 3 is 2.91 bits per heavy atom. The van der Waals surface area contributed by atoms with Crippen LogP contribution in [0, 0.1) is 0 Å². The van der Waals surface area contributed by atoms with Gasteiger partial charge in [0.05, 0.1) is 12.1 Å². The van der Waals surface area contributed by atoms with E-state index in [4.69, 9.17) is 17.3 Å². The molecule has 0 saturated carbocycles. The molecule has 1 aromatic heterocycles. The van der Waals surface area contributed by atoms with Crippen LogP contribution in [0.3, 0.4) is 0 Å². The Morgan fingerprint density at radius 2 is 2.36 bits per heavy atom. The fourth-order valence-electron chi connectivity index (χ4n) is 0.727. The second-order valence-corrected chi connectivity index (χ2v) is 2.48. The van der Waals surface area contributed by atoms with E-state index < -0.39 is 5.91 Å². The van der Waals surface area contributed by atoms with Crippen LogP contribution in [0.1, 0.15) is 5.69 Å². The van der Waals surface area contributed by atoms with E-state index in [9.17, 15) is 4.79 Å². The van der Waals surface area contributed by atoms with Crippen molar-refractivity contribution in [3.05, 3.63) is 29.0 Å². The number of carbonyl (C=O) groups is 1. The highest BCUT2D eigenvalue weighted by atomic mass is 35.5. The van der Waals surface area contributed by atoms with Crippen molar-refractivity contribution >= 4 is 17.5 Å². The minimum Gasteiger partial charge on any atom is -0.369 e. The quantitative estimate of drug-likeness (QED) is 0.667. The van der Waals surface area contributed by atoms with Crippen molar-refractivity contribution in [3.8, 4) is 0 Å². The zero-order valence-corrected chi connectivity index (χ0v) is 6.51. The van der Waals surface area contributed by atoms with Crippen molar-refractivity contribution in [2.45, 2.75) is 6.42 Å². The Labute approximate surface area is 69.2 Å². The van der Waals surface area contributed by atoms with Gasteiger partial charge in [0.2, 0.25) is 5.91 Å². The Bertz CT molecular complexity index is 275. The number of carbonyl (C=O) groups excluding carboxylic acids is 1. The number of pyridine rings is 1. The van der Waals surface area contributed by atoms with Crippen LogP contribution in [0.5, 0.6) is 0 Å². The highest BCUT2D eigenvalue weighted by Gasteiger charge is 1.98. The molecule has 11 heavy (non-hydrogen) atoms. The molecule has 0 aliphatic carbocycles. The van der Waals surface area contributed by atoms with Gasteiger partial charge in [0.1, 0.15) is 5.15 Å². The summed E-state index contributed by atoms with van der Waals surface area (Å²) >= 11 is 5.57. The van der Waals surface area contributed by atoms with Crippen LogP contribution in [-0.4, -0.2) is 10.9 Å². The molecular formula is C7H7ClN2O. The summed E-state index contributed by atoms with van der Waals surface area (Å²) in [4.78, 5) is 14.3. The topological polar surface area (TPSA) is 56.0 Å². The molecule has 1 heterocycles. The molecule has 0 atom stereocenters. The third kappa shape index (κ3) is 2.55. The zero-order valence-electron chi connectivity index (χ0n) is 5.75. The molecule has 0 aromatic carbocycles. The van der Waals surface area contributed by atoms with Gasteiger partial charge in [0.25, 0.3) is 0 Å². The van der Waals surface area contributed by atoms with Crippen molar-refractivity contribution in [2.24, 2.45) is 5.73 Å². The third-order valence-corrected chi connectivity index (χ3v) is 1.34. The average Bonchev–Trinajstić information content (AvgIpc) is 1.85. The highest BCUT2D eigenvalue weighted by molar-refractivity contribution is 6.29. The van der Waals surface area contributed by atoms with Gasteiger partial charge in [0, 0.05) is 0 Å². The first-order chi connectivity index (χ1) is 5.18. The summed E-state index contributed by atoms with van der Waals surface area (Å²) in [6.45, 7) is 0. The first-order valence-corrected chi connectivity index (χ1v) is 3.46. The Hall–Kier alpha value is -1.09. The Kier molecular flexibility index (Phi) is 2.44. The van der Waals surface area contributed by atoms with Crippen LogP contribution in [0.2, 0.25) is 5.15 Å². The lowest BCUT2D eigenvalue weighted by atomic mass is 10.3. The van der Waals surface area contributed by atoms with Crippen molar-refractivity contribution in [2.75, 3.05) is 0 Å². The van der Waals surface area contributed by atoms with Gasteiger partial charge >= 0.3 is 0 Å². The first kappa shape index (κ1) is 8.01. The van der Waals surface area contributed by atoms with Gasteiger partial charge < -0.3 is 5.73 Å². The maximum absolute atomic E-state index is 10.4. The molecule has 3 nitrogen and oxygen atoms in total. The maximum Gasteiger partial charge on any atom is 0.223 e. The van der Waals surface area contributed by atoms with E-state index in [2.05, 4.69) is 4.98 Å². The molecule has 1 rings (SSSR count). The Morgan fingerprint density at radius 1 is 1.64 bits per heavy atom. The van der Waals surface area contributed by atoms with Crippen molar-refractivity contribution in [1.29, 1.82) is 0 Å². The van der Waals surface area contributed by atoms with Crippen LogP contribution in [0.15, 0.2) is 18.2 Å². The minimum absolute atomic E-state index is 0.139. The number of amides is 1. The Balaban J connectivity index is 2.79.